The number of ether oxygens (including phenoxy) is 1. The predicted molar refractivity (Wildman–Crippen MR) is 89.9 cm³/mol. The molecule has 3 rings (SSSR count). The molecule has 2 saturated heterocycles. The fourth-order valence-corrected chi connectivity index (χ4v) is 2.32. The predicted octanol–water partition coefficient (Wildman–Crippen LogP) is 3.04. The summed E-state index contributed by atoms with van der Waals surface area (Å²) in [6.45, 7) is 14.6. The Labute approximate surface area is 130 Å². The van der Waals surface area contributed by atoms with Gasteiger partial charge in [-0.05, 0) is 12.1 Å². The Morgan fingerprint density at radius 2 is 1.76 bits per heavy atom. The quantitative estimate of drug-likeness (QED) is 0.838. The van der Waals surface area contributed by atoms with E-state index in [0.29, 0.717) is 6.04 Å². The molecule has 4 nitrogen and oxygen atoms in total. The number of pyridine rings is 1. The van der Waals surface area contributed by atoms with E-state index in [0.717, 1.165) is 39.4 Å². The van der Waals surface area contributed by atoms with Crippen LogP contribution in [0.5, 0.6) is 0 Å². The molecule has 2 aliphatic heterocycles. The number of nitrogens with zero attached hydrogens (tertiary/aromatic N) is 3. The van der Waals surface area contributed by atoms with Crippen molar-refractivity contribution in [3.63, 3.8) is 0 Å². The summed E-state index contributed by atoms with van der Waals surface area (Å²) in [5.41, 5.74) is 1.24. The van der Waals surface area contributed by atoms with Gasteiger partial charge in [-0.25, -0.2) is 0 Å². The highest BCUT2D eigenvalue weighted by atomic mass is 16.5. The topological polar surface area (TPSA) is 28.6 Å². The molecule has 1 aromatic rings. The van der Waals surface area contributed by atoms with Crippen LogP contribution in [0.25, 0.3) is 0 Å². The van der Waals surface area contributed by atoms with E-state index >= 15 is 0 Å². The lowest BCUT2D eigenvalue weighted by atomic mass is 10.2. The average molecular weight is 293 g/mol. The maximum Gasteiger partial charge on any atom is 0.0645 e. The van der Waals surface area contributed by atoms with Gasteiger partial charge in [0.2, 0.25) is 0 Å². The van der Waals surface area contributed by atoms with E-state index < -0.39 is 0 Å². The summed E-state index contributed by atoms with van der Waals surface area (Å²) >= 11 is 0. The van der Waals surface area contributed by atoms with Gasteiger partial charge in [-0.2, -0.15) is 0 Å². The Bertz CT molecular complexity index is 346. The largest absolute Gasteiger partial charge is 0.378 e. The number of piperazine rings is 1. The Balaban J connectivity index is 0.000000395. The van der Waals surface area contributed by atoms with E-state index in [4.69, 9.17) is 4.74 Å². The normalized spacial score (nSPS) is 18.8. The zero-order valence-electron chi connectivity index (χ0n) is 14.1. The second-order valence-corrected chi connectivity index (χ2v) is 5.13. The average Bonchev–Trinajstić information content (AvgIpc) is 2.50. The second kappa shape index (κ2) is 10.6. The van der Waals surface area contributed by atoms with Gasteiger partial charge in [0, 0.05) is 32.4 Å². The molecule has 0 saturated carbocycles. The van der Waals surface area contributed by atoms with Crippen LogP contribution >= 0.6 is 0 Å². The molecule has 2 fully saturated rings. The van der Waals surface area contributed by atoms with E-state index in [9.17, 15) is 0 Å². The van der Waals surface area contributed by atoms with Crippen molar-refractivity contribution in [3.05, 3.63) is 24.5 Å². The molecule has 0 N–H and O–H groups in total. The monoisotopic (exact) mass is 293 g/mol. The lowest BCUT2D eigenvalue weighted by molar-refractivity contribution is -0.0660. The molecule has 4 heteroatoms. The molecule has 2 aliphatic rings. The molecule has 0 aromatic carbocycles. The van der Waals surface area contributed by atoms with Gasteiger partial charge in [0.25, 0.3) is 0 Å². The molecule has 21 heavy (non-hydrogen) atoms. The molecule has 0 aliphatic carbocycles. The van der Waals surface area contributed by atoms with Crippen molar-refractivity contribution < 1.29 is 4.74 Å². The second-order valence-electron chi connectivity index (χ2n) is 5.13. The van der Waals surface area contributed by atoms with Crippen molar-refractivity contribution in [2.24, 2.45) is 0 Å². The van der Waals surface area contributed by atoms with Crippen LogP contribution in [0.2, 0.25) is 0 Å². The number of anilines is 1. The van der Waals surface area contributed by atoms with Crippen LogP contribution in [0.1, 0.15) is 34.1 Å². The van der Waals surface area contributed by atoms with Crippen molar-refractivity contribution in [1.82, 2.24) is 9.88 Å². The Hall–Kier alpha value is -1.13. The minimum absolute atomic E-state index is 0.677. The fraction of sp³-hybridized carbons (Fsp3) is 0.706. The van der Waals surface area contributed by atoms with Gasteiger partial charge in [-0.15, -0.1) is 0 Å². The summed E-state index contributed by atoms with van der Waals surface area (Å²) in [4.78, 5) is 9.11. The summed E-state index contributed by atoms with van der Waals surface area (Å²) in [7, 11) is 0. The van der Waals surface area contributed by atoms with E-state index in [2.05, 4.69) is 34.7 Å². The third kappa shape index (κ3) is 5.64. The minimum Gasteiger partial charge on any atom is -0.378 e. The van der Waals surface area contributed by atoms with Crippen LogP contribution in [0.15, 0.2) is 24.5 Å². The number of hydrogen-bond donors (Lipinski definition) is 0. The summed E-state index contributed by atoms with van der Waals surface area (Å²) in [6.07, 6.45) is 5.02. The zero-order chi connectivity index (χ0) is 15.5. The molecular formula is C17H31N3O. The van der Waals surface area contributed by atoms with Crippen molar-refractivity contribution in [2.75, 3.05) is 44.3 Å². The summed E-state index contributed by atoms with van der Waals surface area (Å²) < 4.78 is 5.23. The molecule has 120 valence electrons. The first-order valence-corrected chi connectivity index (χ1v) is 8.32. The first-order valence-electron chi connectivity index (χ1n) is 8.32. The molecule has 0 spiro atoms. The Kier molecular flexibility index (Phi) is 9.02. The van der Waals surface area contributed by atoms with Crippen molar-refractivity contribution in [1.29, 1.82) is 0 Å². The molecule has 0 radical (unpaired) electrons. The zero-order valence-corrected chi connectivity index (χ0v) is 14.1. The van der Waals surface area contributed by atoms with Crippen LogP contribution in [0, 0.1) is 0 Å². The van der Waals surface area contributed by atoms with Crippen LogP contribution in [-0.2, 0) is 4.74 Å². The number of rotatable bonds is 2. The third-order valence-corrected chi connectivity index (χ3v) is 3.46. The molecule has 0 amide bonds. The van der Waals surface area contributed by atoms with E-state index in [1.165, 1.54) is 12.1 Å². The smallest absolute Gasteiger partial charge is 0.0645 e. The molecule has 0 atom stereocenters. The first kappa shape index (κ1) is 17.9. The van der Waals surface area contributed by atoms with Crippen LogP contribution in [-0.4, -0.2) is 55.3 Å². The van der Waals surface area contributed by atoms with Crippen LogP contribution in [0.3, 0.4) is 0 Å². The van der Waals surface area contributed by atoms with E-state index in [-0.39, 0.29) is 0 Å². The minimum atomic E-state index is 0.677. The SMILES string of the molecule is CC.CCC.c1cncc(N2CCN(C3COC3)CC2)c1. The molecule has 0 unspecified atom stereocenters. The van der Waals surface area contributed by atoms with Crippen molar-refractivity contribution in [3.8, 4) is 0 Å². The number of aromatic nitrogens is 1. The summed E-state index contributed by atoms with van der Waals surface area (Å²) in [5.74, 6) is 0. The Morgan fingerprint density at radius 3 is 2.19 bits per heavy atom. The lowest BCUT2D eigenvalue weighted by Gasteiger charge is -2.43. The maximum atomic E-state index is 5.23. The van der Waals surface area contributed by atoms with Gasteiger partial charge < -0.3 is 9.64 Å². The lowest BCUT2D eigenvalue weighted by Crippen LogP contribution is -2.56. The highest BCUT2D eigenvalue weighted by Gasteiger charge is 2.28. The maximum absolute atomic E-state index is 5.23. The van der Waals surface area contributed by atoms with Gasteiger partial charge in [-0.1, -0.05) is 34.1 Å². The van der Waals surface area contributed by atoms with Gasteiger partial charge in [-0.3, -0.25) is 9.88 Å². The van der Waals surface area contributed by atoms with E-state index in [1.54, 1.807) is 0 Å². The molecule has 1 aromatic heterocycles. The van der Waals surface area contributed by atoms with Gasteiger partial charge >= 0.3 is 0 Å². The van der Waals surface area contributed by atoms with E-state index in [1.807, 2.05) is 32.3 Å². The third-order valence-electron chi connectivity index (χ3n) is 3.46. The van der Waals surface area contributed by atoms with Gasteiger partial charge in [0.1, 0.15) is 0 Å². The summed E-state index contributed by atoms with van der Waals surface area (Å²) in [6, 6.07) is 4.81. The molecule has 0 bridgehead atoms. The van der Waals surface area contributed by atoms with Crippen molar-refractivity contribution in [2.45, 2.75) is 40.2 Å². The number of hydrogen-bond acceptors (Lipinski definition) is 4. The fourth-order valence-electron chi connectivity index (χ4n) is 2.32. The van der Waals surface area contributed by atoms with Crippen LogP contribution in [0.4, 0.5) is 5.69 Å². The van der Waals surface area contributed by atoms with Crippen molar-refractivity contribution >= 4 is 5.69 Å². The highest BCUT2D eigenvalue weighted by Crippen LogP contribution is 2.17. The standard InChI is InChI=1S/C12H17N3O.C3H8.C2H6/c1-2-11(8-13-3-1)14-4-6-15(7-5-14)12-9-16-10-12;1-3-2;1-2/h1-3,8,12H,4-7,9-10H2;3H2,1-2H3;1-2H3. The summed E-state index contributed by atoms with van der Waals surface area (Å²) in [5, 5.41) is 0. The Morgan fingerprint density at radius 1 is 1.14 bits per heavy atom. The van der Waals surface area contributed by atoms with Gasteiger partial charge in [0.15, 0.2) is 0 Å². The highest BCUT2D eigenvalue weighted by molar-refractivity contribution is 5.44. The molecule has 3 heterocycles. The molecular weight excluding hydrogens is 262 g/mol. The van der Waals surface area contributed by atoms with Crippen LogP contribution < -0.4 is 4.90 Å². The first-order chi connectivity index (χ1) is 10.3. The van der Waals surface area contributed by atoms with Gasteiger partial charge in [0.05, 0.1) is 31.1 Å².